The molecule has 6 heteroatoms. The van der Waals surface area contributed by atoms with Gasteiger partial charge in [-0.3, -0.25) is 4.79 Å². The number of ketones is 1. The molecule has 1 aromatic carbocycles. The number of carboxylic acids is 1. The number of rotatable bonds is 2. The van der Waals surface area contributed by atoms with Crippen LogP contribution < -0.4 is 4.74 Å². The molecule has 6 nitrogen and oxygen atoms in total. The zero-order valence-corrected chi connectivity index (χ0v) is 11.2. The Morgan fingerprint density at radius 2 is 2.24 bits per heavy atom. The molecular weight excluding hydrogens is 274 g/mol. The summed E-state index contributed by atoms with van der Waals surface area (Å²) in [4.78, 5) is 25.1. The predicted molar refractivity (Wildman–Crippen MR) is 71.1 cm³/mol. The van der Waals surface area contributed by atoms with Crippen LogP contribution in [0.25, 0.3) is 5.70 Å². The fourth-order valence-electron chi connectivity index (χ4n) is 3.00. The number of benzene rings is 1. The van der Waals surface area contributed by atoms with Crippen LogP contribution in [-0.2, 0) is 20.7 Å². The standard InChI is InChI=1S/C15H11NO5/c1-20-8-3-2-7-4-5-16-11(9(7)6-8)13-12(17)10(15(18)19)14(16)21-13/h2-3,6H,4-5H2,1H3,(H,18,19). The number of ether oxygens (including phenoxy) is 2. The van der Waals surface area contributed by atoms with Crippen molar-refractivity contribution >= 4 is 17.4 Å². The predicted octanol–water partition coefficient (Wildman–Crippen LogP) is 1.13. The van der Waals surface area contributed by atoms with Crippen LogP contribution in [0, 0.1) is 0 Å². The topological polar surface area (TPSA) is 76.1 Å². The molecule has 3 aliphatic rings. The van der Waals surface area contributed by atoms with Gasteiger partial charge in [-0.2, -0.15) is 0 Å². The number of carbonyl (C=O) groups is 2. The first kappa shape index (κ1) is 12.0. The van der Waals surface area contributed by atoms with Crippen molar-refractivity contribution < 1.29 is 24.2 Å². The minimum atomic E-state index is -1.25. The lowest BCUT2D eigenvalue weighted by molar-refractivity contribution is -0.134. The Labute approximate surface area is 119 Å². The summed E-state index contributed by atoms with van der Waals surface area (Å²) in [7, 11) is 1.58. The number of aliphatic carboxylic acids is 1. The van der Waals surface area contributed by atoms with Crippen molar-refractivity contribution in [1.82, 2.24) is 4.90 Å². The maximum Gasteiger partial charge on any atom is 0.345 e. The lowest BCUT2D eigenvalue weighted by Gasteiger charge is -2.29. The van der Waals surface area contributed by atoms with Gasteiger partial charge in [0.25, 0.3) is 0 Å². The number of allylic oxidation sites excluding steroid dienone is 1. The quantitative estimate of drug-likeness (QED) is 0.821. The van der Waals surface area contributed by atoms with Crippen LogP contribution in [0.5, 0.6) is 5.75 Å². The van der Waals surface area contributed by atoms with E-state index in [-0.39, 0.29) is 17.2 Å². The van der Waals surface area contributed by atoms with Crippen LogP contribution in [0.3, 0.4) is 0 Å². The SMILES string of the molecule is COc1ccc2c(c1)C1=C3OC(=C(C(=O)O)C3=O)N1CC2. The second-order valence-electron chi connectivity index (χ2n) is 5.02. The summed E-state index contributed by atoms with van der Waals surface area (Å²) in [6.07, 6.45) is 0.754. The zero-order valence-electron chi connectivity index (χ0n) is 11.2. The van der Waals surface area contributed by atoms with E-state index in [9.17, 15) is 9.59 Å². The van der Waals surface area contributed by atoms with Crippen LogP contribution >= 0.6 is 0 Å². The summed E-state index contributed by atoms with van der Waals surface area (Å²) in [6.45, 7) is 0.595. The number of hydrogen-bond acceptors (Lipinski definition) is 5. The monoisotopic (exact) mass is 285 g/mol. The highest BCUT2D eigenvalue weighted by atomic mass is 16.5. The van der Waals surface area contributed by atoms with Gasteiger partial charge in [0.05, 0.1) is 12.8 Å². The maximum absolute atomic E-state index is 12.1. The minimum absolute atomic E-state index is 0.108. The fraction of sp³-hybridized carbons (Fsp3) is 0.200. The molecule has 2 bridgehead atoms. The van der Waals surface area contributed by atoms with Crippen molar-refractivity contribution in [1.29, 1.82) is 0 Å². The minimum Gasteiger partial charge on any atom is -0.497 e. The lowest BCUT2D eigenvalue weighted by atomic mass is 9.93. The first-order chi connectivity index (χ1) is 10.1. The largest absolute Gasteiger partial charge is 0.497 e. The highest BCUT2D eigenvalue weighted by Gasteiger charge is 2.49. The Balaban J connectivity index is 1.91. The van der Waals surface area contributed by atoms with Crippen LogP contribution in [-0.4, -0.2) is 35.4 Å². The Morgan fingerprint density at radius 3 is 2.95 bits per heavy atom. The van der Waals surface area contributed by atoms with Crippen molar-refractivity contribution in [2.45, 2.75) is 6.42 Å². The van der Waals surface area contributed by atoms with E-state index >= 15 is 0 Å². The number of methoxy groups -OCH3 is 1. The second-order valence-corrected chi connectivity index (χ2v) is 5.02. The highest BCUT2D eigenvalue weighted by molar-refractivity contribution is 6.28. The normalized spacial score (nSPS) is 18.7. The summed E-state index contributed by atoms with van der Waals surface area (Å²) >= 11 is 0. The van der Waals surface area contributed by atoms with Gasteiger partial charge in [0.1, 0.15) is 5.75 Å². The number of nitrogens with zero attached hydrogens (tertiary/aromatic N) is 1. The van der Waals surface area contributed by atoms with Gasteiger partial charge in [0, 0.05) is 12.1 Å². The molecule has 0 saturated heterocycles. The molecule has 0 fully saturated rings. The van der Waals surface area contributed by atoms with Crippen LogP contribution in [0.1, 0.15) is 11.1 Å². The Kier molecular flexibility index (Phi) is 2.22. The summed E-state index contributed by atoms with van der Waals surface area (Å²) in [5, 5.41) is 9.15. The van der Waals surface area contributed by atoms with E-state index in [0.717, 1.165) is 17.5 Å². The van der Waals surface area contributed by atoms with Gasteiger partial charge < -0.3 is 19.5 Å². The maximum atomic E-state index is 12.1. The number of carboxylic acid groups (broad SMARTS) is 1. The number of Topliss-reactive ketones (excluding diaryl/α,β-unsaturated/α-hetero) is 1. The Hall–Kier alpha value is -2.76. The van der Waals surface area contributed by atoms with E-state index in [4.69, 9.17) is 14.6 Å². The van der Waals surface area contributed by atoms with Gasteiger partial charge in [0.2, 0.25) is 17.4 Å². The van der Waals surface area contributed by atoms with Crippen molar-refractivity contribution in [3.05, 3.63) is 46.5 Å². The second kappa shape index (κ2) is 3.88. The molecule has 0 aromatic heterocycles. The van der Waals surface area contributed by atoms with E-state index < -0.39 is 11.8 Å². The molecule has 0 unspecified atom stereocenters. The van der Waals surface area contributed by atoms with E-state index in [0.29, 0.717) is 18.0 Å². The Bertz CT molecular complexity index is 774. The molecule has 0 amide bonds. The molecule has 4 rings (SSSR count). The third-order valence-electron chi connectivity index (χ3n) is 3.97. The molecule has 3 aliphatic heterocycles. The van der Waals surface area contributed by atoms with Crippen molar-refractivity contribution in [2.75, 3.05) is 13.7 Å². The molecule has 0 spiro atoms. The van der Waals surface area contributed by atoms with Gasteiger partial charge in [-0.1, -0.05) is 6.07 Å². The number of carbonyl (C=O) groups excluding carboxylic acids is 1. The van der Waals surface area contributed by atoms with E-state index in [2.05, 4.69) is 0 Å². The molecule has 0 radical (unpaired) electrons. The van der Waals surface area contributed by atoms with Crippen molar-refractivity contribution in [3.63, 3.8) is 0 Å². The first-order valence-electron chi connectivity index (χ1n) is 6.51. The lowest BCUT2D eigenvalue weighted by Crippen LogP contribution is -2.31. The third kappa shape index (κ3) is 1.41. The third-order valence-corrected chi connectivity index (χ3v) is 3.97. The summed E-state index contributed by atoms with van der Waals surface area (Å²) in [5.41, 5.74) is 2.33. The summed E-state index contributed by atoms with van der Waals surface area (Å²) in [5.74, 6) is -0.867. The van der Waals surface area contributed by atoms with Crippen molar-refractivity contribution in [3.8, 4) is 5.75 Å². The molecule has 1 aromatic rings. The van der Waals surface area contributed by atoms with Gasteiger partial charge in [-0.05, 0) is 24.1 Å². The molecule has 0 saturated carbocycles. The van der Waals surface area contributed by atoms with Gasteiger partial charge >= 0.3 is 5.97 Å². The fourth-order valence-corrected chi connectivity index (χ4v) is 3.00. The molecular formula is C15H11NO5. The molecule has 3 heterocycles. The van der Waals surface area contributed by atoms with Gasteiger partial charge in [-0.15, -0.1) is 0 Å². The van der Waals surface area contributed by atoms with Crippen LogP contribution in [0.15, 0.2) is 35.4 Å². The highest BCUT2D eigenvalue weighted by Crippen LogP contribution is 2.47. The van der Waals surface area contributed by atoms with E-state index in [1.54, 1.807) is 12.0 Å². The van der Waals surface area contributed by atoms with E-state index in [1.807, 2.05) is 18.2 Å². The van der Waals surface area contributed by atoms with Gasteiger partial charge in [-0.25, -0.2) is 4.79 Å². The molecule has 0 atom stereocenters. The summed E-state index contributed by atoms with van der Waals surface area (Å²) < 4.78 is 10.7. The van der Waals surface area contributed by atoms with Crippen molar-refractivity contribution in [2.24, 2.45) is 0 Å². The molecule has 106 valence electrons. The molecule has 21 heavy (non-hydrogen) atoms. The zero-order chi connectivity index (χ0) is 14.7. The number of hydrogen-bond donors (Lipinski definition) is 1. The van der Waals surface area contributed by atoms with Crippen LogP contribution in [0.2, 0.25) is 0 Å². The average molecular weight is 285 g/mol. The Morgan fingerprint density at radius 1 is 1.43 bits per heavy atom. The van der Waals surface area contributed by atoms with Gasteiger partial charge in [0.15, 0.2) is 5.57 Å². The number of fused-ring (bicyclic) bond motifs is 6. The van der Waals surface area contributed by atoms with Crippen LogP contribution in [0.4, 0.5) is 0 Å². The first-order valence-corrected chi connectivity index (χ1v) is 6.51. The molecule has 1 N–H and O–H groups in total. The van der Waals surface area contributed by atoms with E-state index in [1.165, 1.54) is 0 Å². The summed E-state index contributed by atoms with van der Waals surface area (Å²) in [6, 6.07) is 5.68. The average Bonchev–Trinajstić information content (AvgIpc) is 3.02. The molecule has 0 aliphatic carbocycles. The smallest absolute Gasteiger partial charge is 0.345 e.